The van der Waals surface area contributed by atoms with E-state index in [-0.39, 0.29) is 5.92 Å². The topological polar surface area (TPSA) is 89.2 Å². The third-order valence-electron chi connectivity index (χ3n) is 4.15. The molecule has 0 aliphatic carbocycles. The van der Waals surface area contributed by atoms with Gasteiger partial charge in [-0.05, 0) is 37.3 Å². The quantitative estimate of drug-likeness (QED) is 0.920. The SMILES string of the molecule is Nc1nccnc1C[C@H]1CCCN(S(=O)(=O)c2ccccc2)C1. The number of rotatable bonds is 4. The molecule has 122 valence electrons. The van der Waals surface area contributed by atoms with Crippen molar-refractivity contribution in [3.63, 3.8) is 0 Å². The zero-order chi connectivity index (χ0) is 16.3. The van der Waals surface area contributed by atoms with Crippen LogP contribution in [0.5, 0.6) is 0 Å². The van der Waals surface area contributed by atoms with Gasteiger partial charge < -0.3 is 5.73 Å². The van der Waals surface area contributed by atoms with E-state index in [0.717, 1.165) is 18.5 Å². The highest BCUT2D eigenvalue weighted by Crippen LogP contribution is 2.26. The van der Waals surface area contributed by atoms with Crippen molar-refractivity contribution in [1.82, 2.24) is 14.3 Å². The smallest absolute Gasteiger partial charge is 0.243 e. The van der Waals surface area contributed by atoms with E-state index < -0.39 is 10.0 Å². The van der Waals surface area contributed by atoms with Crippen molar-refractivity contribution in [3.8, 4) is 0 Å². The minimum atomic E-state index is -3.43. The summed E-state index contributed by atoms with van der Waals surface area (Å²) in [5.41, 5.74) is 6.59. The molecule has 6 nitrogen and oxygen atoms in total. The molecule has 0 saturated carbocycles. The average molecular weight is 332 g/mol. The molecule has 3 rings (SSSR count). The molecule has 1 aliphatic rings. The Morgan fingerprint density at radius 3 is 2.65 bits per heavy atom. The lowest BCUT2D eigenvalue weighted by molar-refractivity contribution is 0.264. The van der Waals surface area contributed by atoms with E-state index in [1.165, 1.54) is 0 Å². The van der Waals surface area contributed by atoms with Crippen molar-refractivity contribution in [1.29, 1.82) is 0 Å². The van der Waals surface area contributed by atoms with Crippen LogP contribution in [0.4, 0.5) is 5.82 Å². The van der Waals surface area contributed by atoms with Gasteiger partial charge in [-0.2, -0.15) is 4.31 Å². The maximum absolute atomic E-state index is 12.7. The first-order valence-corrected chi connectivity index (χ1v) is 9.12. The number of piperidine rings is 1. The van der Waals surface area contributed by atoms with Gasteiger partial charge in [0.25, 0.3) is 0 Å². The summed E-state index contributed by atoms with van der Waals surface area (Å²) in [6.07, 6.45) is 5.65. The summed E-state index contributed by atoms with van der Waals surface area (Å²) < 4.78 is 27.0. The molecule has 2 heterocycles. The molecule has 1 aromatic heterocycles. The van der Waals surface area contributed by atoms with Crippen LogP contribution in [0, 0.1) is 5.92 Å². The molecule has 1 fully saturated rings. The highest BCUT2D eigenvalue weighted by molar-refractivity contribution is 7.89. The average Bonchev–Trinajstić information content (AvgIpc) is 2.58. The molecule has 0 bridgehead atoms. The Balaban J connectivity index is 1.75. The first-order valence-electron chi connectivity index (χ1n) is 7.68. The Morgan fingerprint density at radius 1 is 1.17 bits per heavy atom. The molecule has 0 spiro atoms. The minimum absolute atomic E-state index is 0.209. The fourth-order valence-corrected chi connectivity index (χ4v) is 4.54. The first-order chi connectivity index (χ1) is 11.1. The summed E-state index contributed by atoms with van der Waals surface area (Å²) in [5, 5.41) is 0. The van der Waals surface area contributed by atoms with Gasteiger partial charge in [0.1, 0.15) is 5.82 Å². The molecule has 0 radical (unpaired) electrons. The highest BCUT2D eigenvalue weighted by Gasteiger charge is 2.30. The summed E-state index contributed by atoms with van der Waals surface area (Å²) in [6.45, 7) is 1.05. The van der Waals surface area contributed by atoms with Crippen molar-refractivity contribution in [2.45, 2.75) is 24.2 Å². The maximum Gasteiger partial charge on any atom is 0.243 e. The van der Waals surface area contributed by atoms with Gasteiger partial charge in [0.15, 0.2) is 0 Å². The molecule has 2 aromatic rings. The van der Waals surface area contributed by atoms with E-state index in [4.69, 9.17) is 5.73 Å². The van der Waals surface area contributed by atoms with Crippen LogP contribution in [0.3, 0.4) is 0 Å². The van der Waals surface area contributed by atoms with Crippen LogP contribution in [-0.2, 0) is 16.4 Å². The lowest BCUT2D eigenvalue weighted by Gasteiger charge is -2.31. The number of nitrogens with two attached hydrogens (primary N) is 1. The largest absolute Gasteiger partial charge is 0.382 e. The molecule has 1 aromatic carbocycles. The second-order valence-electron chi connectivity index (χ2n) is 5.78. The standard InChI is InChI=1S/C16H20N4O2S/c17-16-15(18-8-9-19-16)11-13-5-4-10-20(12-13)23(21,22)14-6-2-1-3-7-14/h1-3,6-9,13H,4-5,10-12H2,(H2,17,19)/t13-/m1/s1. The number of aromatic nitrogens is 2. The molecule has 1 atom stereocenters. The van der Waals surface area contributed by atoms with Gasteiger partial charge in [-0.25, -0.2) is 13.4 Å². The van der Waals surface area contributed by atoms with Gasteiger partial charge in [0.05, 0.1) is 10.6 Å². The molecule has 23 heavy (non-hydrogen) atoms. The van der Waals surface area contributed by atoms with E-state index in [2.05, 4.69) is 9.97 Å². The van der Waals surface area contributed by atoms with Crippen LogP contribution in [0.15, 0.2) is 47.6 Å². The second kappa shape index (κ2) is 6.64. The Bertz CT molecular complexity index is 765. The molecular formula is C16H20N4O2S. The predicted octanol–water partition coefficient (Wildman–Crippen LogP) is 1.70. The number of benzene rings is 1. The summed E-state index contributed by atoms with van der Waals surface area (Å²) in [5.74, 6) is 0.636. The maximum atomic E-state index is 12.7. The fraction of sp³-hybridized carbons (Fsp3) is 0.375. The molecule has 2 N–H and O–H groups in total. The predicted molar refractivity (Wildman–Crippen MR) is 88.1 cm³/mol. The third-order valence-corrected chi connectivity index (χ3v) is 6.03. The third kappa shape index (κ3) is 3.51. The van der Waals surface area contributed by atoms with Crippen LogP contribution >= 0.6 is 0 Å². The summed E-state index contributed by atoms with van der Waals surface area (Å²) in [7, 11) is -3.43. The van der Waals surface area contributed by atoms with Gasteiger partial charge in [-0.1, -0.05) is 18.2 Å². The molecule has 1 saturated heterocycles. The number of anilines is 1. The van der Waals surface area contributed by atoms with Crippen molar-refractivity contribution < 1.29 is 8.42 Å². The summed E-state index contributed by atoms with van der Waals surface area (Å²) >= 11 is 0. The van der Waals surface area contributed by atoms with E-state index in [0.29, 0.717) is 30.2 Å². The Morgan fingerprint density at radius 2 is 1.91 bits per heavy atom. The van der Waals surface area contributed by atoms with E-state index >= 15 is 0 Å². The van der Waals surface area contributed by atoms with Crippen LogP contribution < -0.4 is 5.73 Å². The van der Waals surface area contributed by atoms with Crippen molar-refractivity contribution in [2.24, 2.45) is 5.92 Å². The van der Waals surface area contributed by atoms with Crippen molar-refractivity contribution in [3.05, 3.63) is 48.4 Å². The van der Waals surface area contributed by atoms with Gasteiger partial charge >= 0.3 is 0 Å². The van der Waals surface area contributed by atoms with Gasteiger partial charge in [0.2, 0.25) is 10.0 Å². The fourth-order valence-electron chi connectivity index (χ4n) is 2.96. The monoisotopic (exact) mass is 332 g/mol. The highest BCUT2D eigenvalue weighted by atomic mass is 32.2. The Hall–Kier alpha value is -1.99. The van der Waals surface area contributed by atoms with Crippen LogP contribution in [-0.4, -0.2) is 35.8 Å². The van der Waals surface area contributed by atoms with Crippen LogP contribution in [0.1, 0.15) is 18.5 Å². The normalized spacial score (nSPS) is 19.6. The number of hydrogen-bond donors (Lipinski definition) is 1. The lowest BCUT2D eigenvalue weighted by Crippen LogP contribution is -2.40. The van der Waals surface area contributed by atoms with Gasteiger partial charge in [-0.3, -0.25) is 4.98 Å². The minimum Gasteiger partial charge on any atom is -0.382 e. The van der Waals surface area contributed by atoms with E-state index in [1.807, 2.05) is 6.07 Å². The molecule has 0 unspecified atom stereocenters. The zero-order valence-corrected chi connectivity index (χ0v) is 13.6. The molecule has 1 aliphatic heterocycles. The Kier molecular flexibility index (Phi) is 4.58. The Labute approximate surface area is 136 Å². The van der Waals surface area contributed by atoms with E-state index in [1.54, 1.807) is 41.0 Å². The number of nitrogen functional groups attached to an aromatic ring is 1. The molecule has 0 amide bonds. The van der Waals surface area contributed by atoms with Crippen molar-refractivity contribution in [2.75, 3.05) is 18.8 Å². The molecular weight excluding hydrogens is 312 g/mol. The lowest BCUT2D eigenvalue weighted by atomic mass is 9.94. The van der Waals surface area contributed by atoms with E-state index in [9.17, 15) is 8.42 Å². The second-order valence-corrected chi connectivity index (χ2v) is 7.71. The zero-order valence-electron chi connectivity index (χ0n) is 12.8. The first kappa shape index (κ1) is 15.9. The van der Waals surface area contributed by atoms with Crippen LogP contribution in [0.25, 0.3) is 0 Å². The van der Waals surface area contributed by atoms with Gasteiger partial charge in [0, 0.05) is 25.5 Å². The number of sulfonamides is 1. The van der Waals surface area contributed by atoms with Gasteiger partial charge in [-0.15, -0.1) is 0 Å². The number of nitrogens with zero attached hydrogens (tertiary/aromatic N) is 3. The molecule has 7 heteroatoms. The number of hydrogen-bond acceptors (Lipinski definition) is 5. The van der Waals surface area contributed by atoms with Crippen molar-refractivity contribution >= 4 is 15.8 Å². The summed E-state index contributed by atoms with van der Waals surface area (Å²) in [6, 6.07) is 8.58. The van der Waals surface area contributed by atoms with Crippen LogP contribution in [0.2, 0.25) is 0 Å². The summed E-state index contributed by atoms with van der Waals surface area (Å²) in [4.78, 5) is 8.65.